The molecule has 1 aromatic rings. The van der Waals surface area contributed by atoms with Crippen LogP contribution < -0.4 is 4.90 Å². The molecule has 5 nitrogen and oxygen atoms in total. The first kappa shape index (κ1) is 11.8. The molecule has 0 aliphatic heterocycles. The van der Waals surface area contributed by atoms with E-state index in [1.165, 1.54) is 19.0 Å². The van der Waals surface area contributed by atoms with Crippen molar-refractivity contribution in [2.75, 3.05) is 18.1 Å². The number of nitrogens with zero attached hydrogens (tertiary/aromatic N) is 4. The Labute approximate surface area is 101 Å². The monoisotopic (exact) mass is 232 g/mol. The van der Waals surface area contributed by atoms with Crippen LogP contribution in [0, 0.1) is 11.3 Å². The number of nitriles is 1. The van der Waals surface area contributed by atoms with Crippen LogP contribution >= 0.6 is 0 Å². The normalized spacial score (nSPS) is 15.8. The van der Waals surface area contributed by atoms with Gasteiger partial charge in [0.15, 0.2) is 11.5 Å². The first-order valence-corrected chi connectivity index (χ1v) is 5.95. The summed E-state index contributed by atoms with van der Waals surface area (Å²) in [5.41, 5.74) is 0.341. The van der Waals surface area contributed by atoms with Gasteiger partial charge in [0.05, 0.1) is 6.61 Å². The summed E-state index contributed by atoms with van der Waals surface area (Å²) in [5.74, 6) is 0.607. The fourth-order valence-corrected chi connectivity index (χ4v) is 2.40. The molecule has 1 heterocycles. The molecular weight excluding hydrogens is 216 g/mol. The molecule has 0 bridgehead atoms. The second kappa shape index (κ2) is 5.60. The van der Waals surface area contributed by atoms with Crippen LogP contribution in [-0.4, -0.2) is 34.3 Å². The van der Waals surface area contributed by atoms with E-state index in [1.54, 1.807) is 6.20 Å². The molecular formula is C12H16N4O. The predicted molar refractivity (Wildman–Crippen MR) is 63.4 cm³/mol. The molecule has 0 aromatic carbocycles. The topological polar surface area (TPSA) is 73.0 Å². The van der Waals surface area contributed by atoms with Gasteiger partial charge in [0.25, 0.3) is 0 Å². The zero-order valence-electron chi connectivity index (χ0n) is 9.71. The molecule has 1 aliphatic rings. The molecule has 0 amide bonds. The van der Waals surface area contributed by atoms with Crippen molar-refractivity contribution in [2.24, 2.45) is 0 Å². The van der Waals surface area contributed by atoms with Crippen LogP contribution in [0.4, 0.5) is 5.82 Å². The maximum absolute atomic E-state index is 9.15. The third-order valence-electron chi connectivity index (χ3n) is 3.16. The Hall–Kier alpha value is -1.67. The van der Waals surface area contributed by atoms with Gasteiger partial charge in [-0.05, 0) is 12.8 Å². The standard InChI is InChI=1S/C12H16N4O/c13-9-11-12(15-6-5-14-11)16(7-8-17)10-3-1-2-4-10/h5-6,10,17H,1-4,7-8H2. The highest BCUT2D eigenvalue weighted by molar-refractivity contribution is 5.50. The lowest BCUT2D eigenvalue weighted by atomic mass is 10.2. The molecule has 1 N–H and O–H groups in total. The number of anilines is 1. The van der Waals surface area contributed by atoms with Gasteiger partial charge in [-0.2, -0.15) is 5.26 Å². The Balaban J connectivity index is 2.28. The summed E-state index contributed by atoms with van der Waals surface area (Å²) in [5, 5.41) is 18.2. The van der Waals surface area contributed by atoms with E-state index in [9.17, 15) is 0 Å². The zero-order chi connectivity index (χ0) is 12.1. The molecule has 1 aliphatic carbocycles. The number of aliphatic hydroxyl groups is 1. The first-order valence-electron chi connectivity index (χ1n) is 5.95. The summed E-state index contributed by atoms with van der Waals surface area (Å²) in [6.45, 7) is 0.579. The largest absolute Gasteiger partial charge is 0.395 e. The Morgan fingerprint density at radius 1 is 1.35 bits per heavy atom. The van der Waals surface area contributed by atoms with E-state index < -0.39 is 0 Å². The van der Waals surface area contributed by atoms with Crippen LogP contribution in [-0.2, 0) is 0 Å². The number of rotatable bonds is 4. The second-order valence-electron chi connectivity index (χ2n) is 4.20. The van der Waals surface area contributed by atoms with Gasteiger partial charge in [0, 0.05) is 25.0 Å². The minimum absolute atomic E-state index is 0.0674. The lowest BCUT2D eigenvalue weighted by molar-refractivity contribution is 0.296. The van der Waals surface area contributed by atoms with Gasteiger partial charge in [0.2, 0.25) is 0 Å². The number of aliphatic hydroxyl groups excluding tert-OH is 1. The van der Waals surface area contributed by atoms with Crippen molar-refractivity contribution in [2.45, 2.75) is 31.7 Å². The molecule has 0 saturated heterocycles. The zero-order valence-corrected chi connectivity index (χ0v) is 9.71. The van der Waals surface area contributed by atoms with Gasteiger partial charge in [-0.25, -0.2) is 9.97 Å². The average Bonchev–Trinajstić information content (AvgIpc) is 2.89. The molecule has 0 spiro atoms. The van der Waals surface area contributed by atoms with Gasteiger partial charge < -0.3 is 10.0 Å². The summed E-state index contributed by atoms with van der Waals surface area (Å²) in [6.07, 6.45) is 7.72. The number of hydrogen-bond donors (Lipinski definition) is 1. The Kier molecular flexibility index (Phi) is 3.89. The molecule has 1 saturated carbocycles. The molecule has 2 rings (SSSR count). The Bertz CT molecular complexity index is 409. The van der Waals surface area contributed by atoms with Crippen LogP contribution in [0.1, 0.15) is 31.4 Å². The van der Waals surface area contributed by atoms with Gasteiger partial charge in [-0.3, -0.25) is 0 Å². The minimum atomic E-state index is 0.0674. The van der Waals surface area contributed by atoms with E-state index in [0.717, 1.165) is 12.8 Å². The van der Waals surface area contributed by atoms with Gasteiger partial charge in [-0.15, -0.1) is 0 Å². The quantitative estimate of drug-likeness (QED) is 0.841. The summed E-state index contributed by atoms with van der Waals surface area (Å²) < 4.78 is 0. The highest BCUT2D eigenvalue weighted by atomic mass is 16.3. The SMILES string of the molecule is N#Cc1nccnc1N(CCO)C1CCCC1. The van der Waals surface area contributed by atoms with E-state index in [1.807, 2.05) is 4.90 Å². The fourth-order valence-electron chi connectivity index (χ4n) is 2.40. The van der Waals surface area contributed by atoms with Crippen molar-refractivity contribution in [3.8, 4) is 6.07 Å². The van der Waals surface area contributed by atoms with Crippen LogP contribution in [0.3, 0.4) is 0 Å². The molecule has 17 heavy (non-hydrogen) atoms. The molecule has 5 heteroatoms. The van der Waals surface area contributed by atoms with E-state index in [2.05, 4.69) is 16.0 Å². The van der Waals surface area contributed by atoms with Crippen molar-refractivity contribution in [1.29, 1.82) is 5.26 Å². The average molecular weight is 232 g/mol. The lowest BCUT2D eigenvalue weighted by Crippen LogP contribution is -2.37. The number of aromatic nitrogens is 2. The minimum Gasteiger partial charge on any atom is -0.395 e. The molecule has 1 aromatic heterocycles. The third-order valence-corrected chi connectivity index (χ3v) is 3.16. The Morgan fingerprint density at radius 2 is 2.06 bits per heavy atom. The number of hydrogen-bond acceptors (Lipinski definition) is 5. The second-order valence-corrected chi connectivity index (χ2v) is 4.20. The summed E-state index contributed by atoms with van der Waals surface area (Å²) in [4.78, 5) is 10.3. The molecule has 0 unspecified atom stereocenters. The van der Waals surface area contributed by atoms with Crippen LogP contribution in [0.15, 0.2) is 12.4 Å². The third kappa shape index (κ3) is 2.53. The predicted octanol–water partition coefficient (Wildman–Crippen LogP) is 1.09. The highest BCUT2D eigenvalue weighted by Gasteiger charge is 2.25. The van der Waals surface area contributed by atoms with E-state index in [0.29, 0.717) is 24.1 Å². The van der Waals surface area contributed by atoms with Crippen molar-refractivity contribution >= 4 is 5.82 Å². The van der Waals surface area contributed by atoms with Gasteiger partial charge in [-0.1, -0.05) is 12.8 Å². The van der Waals surface area contributed by atoms with Crippen molar-refractivity contribution in [3.63, 3.8) is 0 Å². The molecule has 0 atom stereocenters. The summed E-state index contributed by atoms with van der Waals surface area (Å²) >= 11 is 0. The summed E-state index contributed by atoms with van der Waals surface area (Å²) in [6, 6.07) is 2.44. The van der Waals surface area contributed by atoms with Crippen LogP contribution in [0.5, 0.6) is 0 Å². The maximum atomic E-state index is 9.15. The smallest absolute Gasteiger partial charge is 0.183 e. The first-order chi connectivity index (χ1) is 8.36. The van der Waals surface area contributed by atoms with Gasteiger partial charge >= 0.3 is 0 Å². The van der Waals surface area contributed by atoms with E-state index >= 15 is 0 Å². The maximum Gasteiger partial charge on any atom is 0.183 e. The summed E-state index contributed by atoms with van der Waals surface area (Å²) in [7, 11) is 0. The molecule has 90 valence electrons. The highest BCUT2D eigenvalue weighted by Crippen LogP contribution is 2.27. The van der Waals surface area contributed by atoms with Crippen molar-refractivity contribution in [1.82, 2.24) is 9.97 Å². The molecule has 0 radical (unpaired) electrons. The Morgan fingerprint density at radius 3 is 2.71 bits per heavy atom. The van der Waals surface area contributed by atoms with Crippen LogP contribution in [0.25, 0.3) is 0 Å². The van der Waals surface area contributed by atoms with Crippen LogP contribution in [0.2, 0.25) is 0 Å². The van der Waals surface area contributed by atoms with Gasteiger partial charge in [0.1, 0.15) is 6.07 Å². The van der Waals surface area contributed by atoms with Crippen molar-refractivity contribution in [3.05, 3.63) is 18.1 Å². The molecule has 1 fully saturated rings. The fraction of sp³-hybridized carbons (Fsp3) is 0.583. The van der Waals surface area contributed by atoms with E-state index in [-0.39, 0.29) is 6.61 Å². The lowest BCUT2D eigenvalue weighted by Gasteiger charge is -2.29. The van der Waals surface area contributed by atoms with Crippen molar-refractivity contribution < 1.29 is 5.11 Å². The van der Waals surface area contributed by atoms with E-state index in [4.69, 9.17) is 10.4 Å².